The molecule has 1 amide bonds. The Morgan fingerprint density at radius 2 is 1.32 bits per heavy atom. The minimum absolute atomic E-state index is 0.236. The van der Waals surface area contributed by atoms with Crippen LogP contribution in [0.25, 0.3) is 11.1 Å². The molecular formula is C25H28N2O3S. The van der Waals surface area contributed by atoms with Crippen LogP contribution in [0.15, 0.2) is 83.8 Å². The first-order chi connectivity index (χ1) is 15.0. The number of hydrogen-bond acceptors (Lipinski definition) is 3. The summed E-state index contributed by atoms with van der Waals surface area (Å²) in [4.78, 5) is 12.8. The minimum atomic E-state index is -3.53. The van der Waals surface area contributed by atoms with Crippen LogP contribution in [0.3, 0.4) is 0 Å². The largest absolute Gasteiger partial charge is 0.322 e. The van der Waals surface area contributed by atoms with Crippen molar-refractivity contribution in [2.75, 3.05) is 18.4 Å². The van der Waals surface area contributed by atoms with Crippen molar-refractivity contribution in [2.45, 2.75) is 31.6 Å². The van der Waals surface area contributed by atoms with Gasteiger partial charge in [0.25, 0.3) is 5.91 Å². The van der Waals surface area contributed by atoms with Crippen molar-refractivity contribution in [3.05, 3.63) is 84.4 Å². The van der Waals surface area contributed by atoms with Crippen LogP contribution in [0, 0.1) is 0 Å². The number of carbonyl (C=O) groups is 1. The summed E-state index contributed by atoms with van der Waals surface area (Å²) >= 11 is 0. The van der Waals surface area contributed by atoms with E-state index in [0.717, 1.165) is 24.0 Å². The van der Waals surface area contributed by atoms with Crippen LogP contribution in [-0.2, 0) is 10.0 Å². The van der Waals surface area contributed by atoms with Gasteiger partial charge in [0.2, 0.25) is 10.0 Å². The van der Waals surface area contributed by atoms with Crippen molar-refractivity contribution in [1.82, 2.24) is 4.31 Å². The Kier molecular flexibility index (Phi) is 7.60. The molecule has 5 nitrogen and oxygen atoms in total. The normalized spacial score (nSPS) is 11.5. The van der Waals surface area contributed by atoms with Crippen molar-refractivity contribution >= 4 is 21.6 Å². The highest BCUT2D eigenvalue weighted by atomic mass is 32.2. The number of benzene rings is 3. The molecule has 3 rings (SSSR count). The predicted molar refractivity (Wildman–Crippen MR) is 126 cm³/mol. The standard InChI is InChI=1S/C25H28N2O3S/c1-3-18-27(19-4-2)31(29,30)24-16-14-23(15-17-24)26-25(28)22-12-10-21(11-13-22)20-8-6-5-7-9-20/h5-17H,3-4,18-19H2,1-2H3,(H,26,28). The average molecular weight is 437 g/mol. The lowest BCUT2D eigenvalue weighted by atomic mass is 10.0. The van der Waals surface area contributed by atoms with Gasteiger partial charge >= 0.3 is 0 Å². The highest BCUT2D eigenvalue weighted by molar-refractivity contribution is 7.89. The highest BCUT2D eigenvalue weighted by Gasteiger charge is 2.22. The number of sulfonamides is 1. The number of hydrogen-bond donors (Lipinski definition) is 1. The van der Waals surface area contributed by atoms with E-state index in [1.807, 2.05) is 56.3 Å². The molecule has 0 aromatic heterocycles. The summed E-state index contributed by atoms with van der Waals surface area (Å²) in [7, 11) is -3.53. The average Bonchev–Trinajstić information content (AvgIpc) is 2.80. The van der Waals surface area contributed by atoms with E-state index in [1.165, 1.54) is 4.31 Å². The van der Waals surface area contributed by atoms with Gasteiger partial charge in [-0.15, -0.1) is 0 Å². The monoisotopic (exact) mass is 436 g/mol. The molecule has 6 heteroatoms. The maximum Gasteiger partial charge on any atom is 0.255 e. The van der Waals surface area contributed by atoms with Crippen molar-refractivity contribution in [2.24, 2.45) is 0 Å². The Morgan fingerprint density at radius 1 is 0.774 bits per heavy atom. The maximum atomic E-state index is 12.9. The summed E-state index contributed by atoms with van der Waals surface area (Å²) in [6.45, 7) is 4.91. The van der Waals surface area contributed by atoms with E-state index >= 15 is 0 Å². The van der Waals surface area contributed by atoms with E-state index in [9.17, 15) is 13.2 Å². The number of nitrogens with one attached hydrogen (secondary N) is 1. The number of amides is 1. The van der Waals surface area contributed by atoms with Crippen LogP contribution in [0.1, 0.15) is 37.0 Å². The second-order valence-electron chi connectivity index (χ2n) is 7.33. The second-order valence-corrected chi connectivity index (χ2v) is 9.26. The van der Waals surface area contributed by atoms with Crippen molar-refractivity contribution in [3.8, 4) is 11.1 Å². The zero-order valence-electron chi connectivity index (χ0n) is 17.9. The Morgan fingerprint density at radius 3 is 1.87 bits per heavy atom. The minimum Gasteiger partial charge on any atom is -0.322 e. The quantitative estimate of drug-likeness (QED) is 0.487. The molecule has 0 heterocycles. The maximum absolute atomic E-state index is 12.9. The van der Waals surface area contributed by atoms with Gasteiger partial charge in [0.1, 0.15) is 0 Å². The Balaban J connectivity index is 1.70. The van der Waals surface area contributed by atoms with E-state index in [2.05, 4.69) is 5.32 Å². The fraction of sp³-hybridized carbons (Fsp3) is 0.240. The lowest BCUT2D eigenvalue weighted by molar-refractivity contribution is 0.102. The molecule has 0 radical (unpaired) electrons. The molecule has 0 atom stereocenters. The lowest BCUT2D eigenvalue weighted by Crippen LogP contribution is -2.32. The summed E-state index contributed by atoms with van der Waals surface area (Å²) < 4.78 is 27.2. The third-order valence-corrected chi connectivity index (χ3v) is 6.86. The van der Waals surface area contributed by atoms with Crippen LogP contribution in [-0.4, -0.2) is 31.7 Å². The number of anilines is 1. The third-order valence-electron chi connectivity index (χ3n) is 4.95. The second kappa shape index (κ2) is 10.4. The smallest absolute Gasteiger partial charge is 0.255 e. The number of carbonyl (C=O) groups excluding carboxylic acids is 1. The summed E-state index contributed by atoms with van der Waals surface area (Å²) in [5.41, 5.74) is 3.21. The van der Waals surface area contributed by atoms with Crippen LogP contribution >= 0.6 is 0 Å². The van der Waals surface area contributed by atoms with Crippen molar-refractivity contribution < 1.29 is 13.2 Å². The Bertz CT molecular complexity index is 1090. The van der Waals surface area contributed by atoms with Gasteiger partial charge in [-0.1, -0.05) is 56.3 Å². The zero-order valence-corrected chi connectivity index (χ0v) is 18.7. The molecule has 0 saturated carbocycles. The van der Waals surface area contributed by atoms with Crippen LogP contribution in [0.5, 0.6) is 0 Å². The fourth-order valence-corrected chi connectivity index (χ4v) is 4.98. The topological polar surface area (TPSA) is 66.5 Å². The molecule has 3 aromatic rings. The third kappa shape index (κ3) is 5.60. The molecule has 0 bridgehead atoms. The molecule has 1 N–H and O–H groups in total. The van der Waals surface area contributed by atoms with Gasteiger partial charge in [0, 0.05) is 24.3 Å². The van der Waals surface area contributed by atoms with Crippen LogP contribution in [0.4, 0.5) is 5.69 Å². The summed E-state index contributed by atoms with van der Waals surface area (Å²) in [6, 6.07) is 23.7. The van der Waals surface area contributed by atoms with Gasteiger partial charge in [0.05, 0.1) is 4.90 Å². The molecule has 0 unspecified atom stereocenters. The summed E-state index contributed by atoms with van der Waals surface area (Å²) in [5, 5.41) is 2.83. The van der Waals surface area contributed by atoms with Crippen LogP contribution < -0.4 is 5.32 Å². The number of rotatable bonds is 9. The molecule has 0 aliphatic heterocycles. The van der Waals surface area contributed by atoms with Gasteiger partial charge < -0.3 is 5.32 Å². The molecule has 162 valence electrons. The zero-order chi connectivity index (χ0) is 22.3. The van der Waals surface area contributed by atoms with Crippen LogP contribution in [0.2, 0.25) is 0 Å². The molecule has 0 saturated heterocycles. The van der Waals surface area contributed by atoms with Gasteiger partial charge in [-0.3, -0.25) is 4.79 Å². The SMILES string of the molecule is CCCN(CCC)S(=O)(=O)c1ccc(NC(=O)c2ccc(-c3ccccc3)cc2)cc1. The molecule has 0 fully saturated rings. The van der Waals surface area contributed by atoms with Gasteiger partial charge in [0.15, 0.2) is 0 Å². The molecule has 31 heavy (non-hydrogen) atoms. The van der Waals surface area contributed by atoms with Gasteiger partial charge in [-0.2, -0.15) is 4.31 Å². The Labute approximate surface area is 184 Å². The predicted octanol–water partition coefficient (Wildman–Crippen LogP) is 5.42. The van der Waals surface area contributed by atoms with Crippen molar-refractivity contribution in [1.29, 1.82) is 0 Å². The first-order valence-corrected chi connectivity index (χ1v) is 12.0. The van der Waals surface area contributed by atoms with E-state index in [4.69, 9.17) is 0 Å². The van der Waals surface area contributed by atoms with Gasteiger partial charge in [-0.05, 0) is 60.4 Å². The summed E-state index contributed by atoms with van der Waals surface area (Å²) in [5.74, 6) is -0.242. The van der Waals surface area contributed by atoms with E-state index < -0.39 is 10.0 Å². The molecule has 0 aliphatic carbocycles. The fourth-order valence-electron chi connectivity index (χ4n) is 3.36. The van der Waals surface area contributed by atoms with E-state index in [1.54, 1.807) is 36.4 Å². The Hall–Kier alpha value is -2.96. The van der Waals surface area contributed by atoms with E-state index in [-0.39, 0.29) is 10.8 Å². The first kappa shape index (κ1) is 22.7. The van der Waals surface area contributed by atoms with E-state index in [0.29, 0.717) is 24.3 Å². The summed E-state index contributed by atoms with van der Waals surface area (Å²) in [6.07, 6.45) is 1.52. The molecule has 3 aromatic carbocycles. The number of nitrogens with zero attached hydrogens (tertiary/aromatic N) is 1. The first-order valence-electron chi connectivity index (χ1n) is 10.5. The highest BCUT2D eigenvalue weighted by Crippen LogP contribution is 2.21. The molecular weight excluding hydrogens is 408 g/mol. The molecule has 0 aliphatic rings. The molecule has 0 spiro atoms. The van der Waals surface area contributed by atoms with Crippen molar-refractivity contribution in [3.63, 3.8) is 0 Å². The van der Waals surface area contributed by atoms with Gasteiger partial charge in [-0.25, -0.2) is 8.42 Å². The lowest BCUT2D eigenvalue weighted by Gasteiger charge is -2.21.